The maximum absolute atomic E-state index is 11.0. The molecular formula is C14H21N3O2. The van der Waals surface area contributed by atoms with Crippen LogP contribution in [0.1, 0.15) is 50.0 Å². The van der Waals surface area contributed by atoms with Crippen molar-refractivity contribution in [2.45, 2.75) is 44.4 Å². The quantitative estimate of drug-likeness (QED) is 0.827. The van der Waals surface area contributed by atoms with E-state index in [1.165, 1.54) is 44.8 Å². The van der Waals surface area contributed by atoms with Crippen LogP contribution in [-0.2, 0) is 9.53 Å². The van der Waals surface area contributed by atoms with Gasteiger partial charge in [0.25, 0.3) is 0 Å². The minimum absolute atomic E-state index is 0.230. The minimum atomic E-state index is -0.230. The number of aromatic nitrogens is 2. The summed E-state index contributed by atoms with van der Waals surface area (Å²) >= 11 is 0. The van der Waals surface area contributed by atoms with Crippen molar-refractivity contribution in [3.05, 3.63) is 18.0 Å². The van der Waals surface area contributed by atoms with Gasteiger partial charge in [0.15, 0.2) is 0 Å². The van der Waals surface area contributed by atoms with Crippen LogP contribution in [0.2, 0.25) is 0 Å². The van der Waals surface area contributed by atoms with E-state index in [-0.39, 0.29) is 5.97 Å². The minimum Gasteiger partial charge on any atom is -0.469 e. The highest BCUT2D eigenvalue weighted by molar-refractivity contribution is 5.69. The van der Waals surface area contributed by atoms with Gasteiger partial charge in [-0.2, -0.15) is 0 Å². The van der Waals surface area contributed by atoms with Crippen LogP contribution in [0.5, 0.6) is 0 Å². The molecule has 0 bridgehead atoms. The summed E-state index contributed by atoms with van der Waals surface area (Å²) in [6.07, 6.45) is 10.6. The monoisotopic (exact) mass is 263 g/mol. The summed E-state index contributed by atoms with van der Waals surface area (Å²) in [4.78, 5) is 19.6. The second kappa shape index (κ2) is 7.07. The van der Waals surface area contributed by atoms with E-state index in [1.54, 1.807) is 0 Å². The van der Waals surface area contributed by atoms with E-state index in [1.807, 2.05) is 12.4 Å². The molecule has 0 radical (unpaired) electrons. The van der Waals surface area contributed by atoms with E-state index < -0.39 is 0 Å². The number of nitrogens with zero attached hydrogens (tertiary/aromatic N) is 2. The van der Waals surface area contributed by atoms with Gasteiger partial charge >= 0.3 is 5.97 Å². The molecule has 19 heavy (non-hydrogen) atoms. The van der Waals surface area contributed by atoms with Gasteiger partial charge in [0.1, 0.15) is 0 Å². The average Bonchev–Trinajstić information content (AvgIpc) is 2.48. The van der Waals surface area contributed by atoms with E-state index >= 15 is 0 Å². The molecule has 1 heterocycles. The number of carbonyl (C=O) groups excluding carboxylic acids is 1. The van der Waals surface area contributed by atoms with Gasteiger partial charge in [0.05, 0.1) is 13.5 Å². The van der Waals surface area contributed by atoms with Crippen LogP contribution in [0, 0.1) is 0 Å². The lowest BCUT2D eigenvalue weighted by Gasteiger charge is -2.21. The van der Waals surface area contributed by atoms with Gasteiger partial charge in [-0.15, -0.1) is 0 Å². The number of hydrogen-bond donors (Lipinski definition) is 1. The summed E-state index contributed by atoms with van der Waals surface area (Å²) < 4.78 is 4.57. The predicted octanol–water partition coefficient (Wildman–Crippen LogP) is 2.50. The van der Waals surface area contributed by atoms with Crippen LogP contribution in [0.4, 0.5) is 5.95 Å². The lowest BCUT2D eigenvalue weighted by molar-refractivity contribution is -0.140. The fourth-order valence-electron chi connectivity index (χ4n) is 2.45. The Morgan fingerprint density at radius 1 is 1.32 bits per heavy atom. The molecule has 1 aliphatic rings. The van der Waals surface area contributed by atoms with Crippen molar-refractivity contribution in [2.24, 2.45) is 0 Å². The summed E-state index contributed by atoms with van der Waals surface area (Å²) in [7, 11) is 1.39. The number of hydrogen-bond acceptors (Lipinski definition) is 5. The third-order valence-corrected chi connectivity index (χ3v) is 3.59. The molecule has 5 nitrogen and oxygen atoms in total. The van der Waals surface area contributed by atoms with Crippen molar-refractivity contribution >= 4 is 11.9 Å². The van der Waals surface area contributed by atoms with Crippen LogP contribution in [-0.4, -0.2) is 29.6 Å². The van der Waals surface area contributed by atoms with E-state index in [0.717, 1.165) is 0 Å². The zero-order valence-electron chi connectivity index (χ0n) is 11.4. The van der Waals surface area contributed by atoms with Crippen molar-refractivity contribution in [3.8, 4) is 0 Å². The van der Waals surface area contributed by atoms with Crippen molar-refractivity contribution in [1.29, 1.82) is 0 Å². The van der Waals surface area contributed by atoms with Crippen LogP contribution in [0.3, 0.4) is 0 Å². The fourth-order valence-corrected chi connectivity index (χ4v) is 2.45. The summed E-state index contributed by atoms with van der Waals surface area (Å²) in [6, 6.07) is 0. The molecule has 104 valence electrons. The molecule has 0 atom stereocenters. The first-order valence-electron chi connectivity index (χ1n) is 6.92. The first-order chi connectivity index (χ1) is 9.29. The number of rotatable bonds is 5. The molecule has 2 rings (SSSR count). The van der Waals surface area contributed by atoms with Crippen LogP contribution >= 0.6 is 0 Å². The Morgan fingerprint density at radius 2 is 2.00 bits per heavy atom. The van der Waals surface area contributed by atoms with Gasteiger partial charge in [0, 0.05) is 18.9 Å². The van der Waals surface area contributed by atoms with E-state index in [4.69, 9.17) is 0 Å². The zero-order chi connectivity index (χ0) is 13.5. The van der Waals surface area contributed by atoms with Crippen molar-refractivity contribution < 1.29 is 9.53 Å². The molecule has 0 spiro atoms. The molecule has 0 unspecified atom stereocenters. The number of esters is 1. The molecule has 0 saturated heterocycles. The van der Waals surface area contributed by atoms with E-state index in [2.05, 4.69) is 20.0 Å². The maximum atomic E-state index is 11.0. The van der Waals surface area contributed by atoms with Crippen molar-refractivity contribution in [1.82, 2.24) is 9.97 Å². The van der Waals surface area contributed by atoms with Crippen molar-refractivity contribution in [2.75, 3.05) is 19.0 Å². The van der Waals surface area contributed by atoms with Gasteiger partial charge < -0.3 is 10.1 Å². The SMILES string of the molecule is COC(=O)CCNc1ncc(C2CCCCC2)cn1. The normalized spacial score (nSPS) is 16.1. The molecule has 1 saturated carbocycles. The van der Waals surface area contributed by atoms with Crippen molar-refractivity contribution in [3.63, 3.8) is 0 Å². The Kier molecular flexibility index (Phi) is 5.12. The second-order valence-corrected chi connectivity index (χ2v) is 4.93. The molecule has 1 N–H and O–H groups in total. The highest BCUT2D eigenvalue weighted by Crippen LogP contribution is 2.31. The largest absolute Gasteiger partial charge is 0.469 e. The second-order valence-electron chi connectivity index (χ2n) is 4.93. The predicted molar refractivity (Wildman–Crippen MR) is 73.0 cm³/mol. The smallest absolute Gasteiger partial charge is 0.307 e. The Hall–Kier alpha value is -1.65. The van der Waals surface area contributed by atoms with Gasteiger partial charge in [-0.25, -0.2) is 9.97 Å². The van der Waals surface area contributed by atoms with Crippen LogP contribution < -0.4 is 5.32 Å². The summed E-state index contributed by atoms with van der Waals surface area (Å²) in [5.74, 6) is 0.965. The van der Waals surface area contributed by atoms with Gasteiger partial charge in [-0.05, 0) is 24.3 Å². The Bertz CT molecular complexity index is 400. The van der Waals surface area contributed by atoms with Crippen LogP contribution in [0.25, 0.3) is 0 Å². The van der Waals surface area contributed by atoms with Gasteiger partial charge in [-0.1, -0.05) is 19.3 Å². The summed E-state index contributed by atoms with van der Waals surface area (Å²) in [5.41, 5.74) is 1.23. The van der Waals surface area contributed by atoms with E-state index in [0.29, 0.717) is 24.8 Å². The topological polar surface area (TPSA) is 64.1 Å². The Balaban J connectivity index is 1.82. The lowest BCUT2D eigenvalue weighted by atomic mass is 9.85. The third-order valence-electron chi connectivity index (χ3n) is 3.59. The molecule has 1 aromatic heterocycles. The summed E-state index contributed by atoms with van der Waals surface area (Å²) in [5, 5.41) is 3.02. The number of carbonyl (C=O) groups is 1. The molecular weight excluding hydrogens is 242 g/mol. The number of nitrogens with one attached hydrogen (secondary N) is 1. The highest BCUT2D eigenvalue weighted by atomic mass is 16.5. The lowest BCUT2D eigenvalue weighted by Crippen LogP contribution is -2.12. The molecule has 1 aromatic rings. The number of ether oxygens (including phenoxy) is 1. The summed E-state index contributed by atoms with van der Waals surface area (Å²) in [6.45, 7) is 0.495. The van der Waals surface area contributed by atoms with Gasteiger partial charge in [0.2, 0.25) is 5.95 Å². The molecule has 1 aliphatic carbocycles. The average molecular weight is 263 g/mol. The van der Waals surface area contributed by atoms with Crippen LogP contribution in [0.15, 0.2) is 12.4 Å². The standard InChI is InChI=1S/C14H21N3O2/c1-19-13(18)7-8-15-14-16-9-12(10-17-14)11-5-3-2-4-6-11/h9-11H,2-8H2,1H3,(H,15,16,17). The number of methoxy groups -OCH3 is 1. The zero-order valence-corrected chi connectivity index (χ0v) is 11.4. The molecule has 0 aliphatic heterocycles. The number of anilines is 1. The first-order valence-corrected chi connectivity index (χ1v) is 6.92. The first kappa shape index (κ1) is 13.8. The fraction of sp³-hybridized carbons (Fsp3) is 0.643. The molecule has 5 heteroatoms. The van der Waals surface area contributed by atoms with E-state index in [9.17, 15) is 4.79 Å². The molecule has 0 amide bonds. The Morgan fingerprint density at radius 3 is 2.63 bits per heavy atom. The molecule has 0 aromatic carbocycles. The Labute approximate surface area is 113 Å². The van der Waals surface area contributed by atoms with Gasteiger partial charge in [-0.3, -0.25) is 4.79 Å². The molecule has 1 fully saturated rings. The third kappa shape index (κ3) is 4.19. The maximum Gasteiger partial charge on any atom is 0.307 e. The highest BCUT2D eigenvalue weighted by Gasteiger charge is 2.16.